The van der Waals surface area contributed by atoms with Gasteiger partial charge in [-0.05, 0) is 31.5 Å². The summed E-state index contributed by atoms with van der Waals surface area (Å²) < 4.78 is 10.9. The molecule has 0 unspecified atom stereocenters. The zero-order chi connectivity index (χ0) is 18.4. The van der Waals surface area contributed by atoms with Crippen LogP contribution in [0.5, 0.6) is 5.75 Å². The number of carbonyl (C=O) groups is 1. The SMILES string of the molecule is CC[C@H](Oc1ccccc1)C(=O)NCc1nc(-c2cccc(C)c2)no1. The van der Waals surface area contributed by atoms with Gasteiger partial charge in [-0.1, -0.05) is 54.0 Å². The Balaban J connectivity index is 1.59. The summed E-state index contributed by atoms with van der Waals surface area (Å²) in [4.78, 5) is 16.7. The first-order valence-electron chi connectivity index (χ1n) is 8.54. The highest BCUT2D eigenvalue weighted by atomic mass is 16.5. The minimum atomic E-state index is -0.573. The van der Waals surface area contributed by atoms with Crippen LogP contribution in [-0.2, 0) is 11.3 Å². The van der Waals surface area contributed by atoms with Gasteiger partial charge in [-0.25, -0.2) is 0 Å². The van der Waals surface area contributed by atoms with Crippen LogP contribution in [-0.4, -0.2) is 22.2 Å². The third-order valence-corrected chi connectivity index (χ3v) is 3.84. The van der Waals surface area contributed by atoms with Gasteiger partial charge in [0.1, 0.15) is 5.75 Å². The van der Waals surface area contributed by atoms with Crippen molar-refractivity contribution in [2.75, 3.05) is 0 Å². The monoisotopic (exact) mass is 351 g/mol. The molecule has 134 valence electrons. The molecule has 0 aliphatic heterocycles. The Morgan fingerprint density at radius 1 is 1.19 bits per heavy atom. The van der Waals surface area contributed by atoms with Crippen molar-refractivity contribution in [3.05, 3.63) is 66.1 Å². The van der Waals surface area contributed by atoms with Gasteiger partial charge in [-0.15, -0.1) is 0 Å². The Labute approximate surface area is 152 Å². The number of aryl methyl sites for hydroxylation is 1. The Morgan fingerprint density at radius 3 is 2.73 bits per heavy atom. The maximum absolute atomic E-state index is 12.3. The Hall–Kier alpha value is -3.15. The average molecular weight is 351 g/mol. The average Bonchev–Trinajstić information content (AvgIpc) is 3.14. The summed E-state index contributed by atoms with van der Waals surface area (Å²) in [6, 6.07) is 17.1. The fraction of sp³-hybridized carbons (Fsp3) is 0.250. The van der Waals surface area contributed by atoms with Crippen molar-refractivity contribution in [2.45, 2.75) is 32.9 Å². The standard InChI is InChI=1S/C20H21N3O3/c1-3-17(25-16-10-5-4-6-11-16)20(24)21-13-18-22-19(23-26-18)15-9-7-8-14(2)12-15/h4-12,17H,3,13H2,1-2H3,(H,21,24)/t17-/m0/s1. The van der Waals surface area contributed by atoms with Crippen molar-refractivity contribution >= 4 is 5.91 Å². The summed E-state index contributed by atoms with van der Waals surface area (Å²) in [5.41, 5.74) is 2.00. The highest BCUT2D eigenvalue weighted by Gasteiger charge is 2.19. The minimum absolute atomic E-state index is 0.159. The van der Waals surface area contributed by atoms with Crippen molar-refractivity contribution in [1.82, 2.24) is 15.5 Å². The van der Waals surface area contributed by atoms with Crippen LogP contribution in [0.1, 0.15) is 24.8 Å². The van der Waals surface area contributed by atoms with Gasteiger partial charge in [0.25, 0.3) is 5.91 Å². The third-order valence-electron chi connectivity index (χ3n) is 3.84. The summed E-state index contributed by atoms with van der Waals surface area (Å²) in [7, 11) is 0. The van der Waals surface area contributed by atoms with E-state index in [0.29, 0.717) is 23.9 Å². The molecule has 0 bridgehead atoms. The molecule has 1 atom stereocenters. The molecule has 2 aromatic carbocycles. The highest BCUT2D eigenvalue weighted by Crippen LogP contribution is 2.17. The van der Waals surface area contributed by atoms with E-state index in [4.69, 9.17) is 9.26 Å². The molecule has 0 fully saturated rings. The van der Waals surface area contributed by atoms with Crippen molar-refractivity contribution in [3.8, 4) is 17.1 Å². The molecule has 1 heterocycles. The molecule has 1 amide bonds. The predicted molar refractivity (Wildman–Crippen MR) is 97.5 cm³/mol. The van der Waals surface area contributed by atoms with Gasteiger partial charge < -0.3 is 14.6 Å². The van der Waals surface area contributed by atoms with Gasteiger partial charge in [-0.3, -0.25) is 4.79 Å². The van der Waals surface area contributed by atoms with Gasteiger partial charge in [0.2, 0.25) is 11.7 Å². The van der Waals surface area contributed by atoms with Gasteiger partial charge >= 0.3 is 0 Å². The zero-order valence-corrected chi connectivity index (χ0v) is 14.8. The first-order valence-corrected chi connectivity index (χ1v) is 8.54. The summed E-state index contributed by atoms with van der Waals surface area (Å²) in [6.45, 7) is 4.06. The summed E-state index contributed by atoms with van der Waals surface area (Å²) in [5, 5.41) is 6.76. The topological polar surface area (TPSA) is 77.2 Å². The number of hydrogen-bond donors (Lipinski definition) is 1. The number of amides is 1. The molecular formula is C20H21N3O3. The van der Waals surface area contributed by atoms with Gasteiger partial charge in [0.15, 0.2) is 6.10 Å². The molecule has 0 saturated heterocycles. The fourth-order valence-electron chi connectivity index (χ4n) is 2.49. The number of hydrogen-bond acceptors (Lipinski definition) is 5. The summed E-state index contributed by atoms with van der Waals surface area (Å²) in [6.07, 6.45) is -0.0180. The minimum Gasteiger partial charge on any atom is -0.481 e. The van der Waals surface area contributed by atoms with Crippen LogP contribution in [0.2, 0.25) is 0 Å². The lowest BCUT2D eigenvalue weighted by Crippen LogP contribution is -2.37. The maximum Gasteiger partial charge on any atom is 0.261 e. The maximum atomic E-state index is 12.3. The highest BCUT2D eigenvalue weighted by molar-refractivity contribution is 5.80. The number of benzene rings is 2. The molecule has 0 saturated carbocycles. The van der Waals surface area contributed by atoms with Crippen LogP contribution < -0.4 is 10.1 Å². The lowest BCUT2D eigenvalue weighted by atomic mass is 10.1. The smallest absolute Gasteiger partial charge is 0.261 e. The number of carbonyl (C=O) groups excluding carboxylic acids is 1. The Morgan fingerprint density at radius 2 is 2.00 bits per heavy atom. The molecule has 1 aromatic heterocycles. The van der Waals surface area contributed by atoms with Crippen LogP contribution >= 0.6 is 0 Å². The number of ether oxygens (including phenoxy) is 1. The van der Waals surface area contributed by atoms with Crippen LogP contribution in [0.3, 0.4) is 0 Å². The van der Waals surface area contributed by atoms with Crippen LogP contribution in [0.4, 0.5) is 0 Å². The Kier molecular flexibility index (Phi) is 5.63. The number of nitrogens with one attached hydrogen (secondary N) is 1. The first-order chi connectivity index (χ1) is 12.7. The molecule has 0 aliphatic rings. The van der Waals surface area contributed by atoms with E-state index in [-0.39, 0.29) is 12.5 Å². The van der Waals surface area contributed by atoms with E-state index in [1.54, 1.807) is 0 Å². The van der Waals surface area contributed by atoms with Crippen LogP contribution in [0.25, 0.3) is 11.4 Å². The molecule has 1 N–H and O–H groups in total. The molecule has 3 aromatic rings. The molecule has 0 aliphatic carbocycles. The zero-order valence-electron chi connectivity index (χ0n) is 14.8. The summed E-state index contributed by atoms with van der Waals surface area (Å²) in [5.74, 6) is 1.30. The number of aromatic nitrogens is 2. The van der Waals surface area contributed by atoms with E-state index in [9.17, 15) is 4.79 Å². The van der Waals surface area contributed by atoms with E-state index in [2.05, 4.69) is 15.5 Å². The second kappa shape index (κ2) is 8.29. The molecule has 0 radical (unpaired) electrons. The van der Waals surface area contributed by atoms with Gasteiger partial charge in [0.05, 0.1) is 6.54 Å². The van der Waals surface area contributed by atoms with E-state index in [0.717, 1.165) is 11.1 Å². The van der Waals surface area contributed by atoms with Crippen molar-refractivity contribution in [2.24, 2.45) is 0 Å². The second-order valence-electron chi connectivity index (χ2n) is 5.93. The van der Waals surface area contributed by atoms with Crippen molar-refractivity contribution in [3.63, 3.8) is 0 Å². The predicted octanol–water partition coefficient (Wildman–Crippen LogP) is 3.52. The van der Waals surface area contributed by atoms with E-state index < -0.39 is 6.10 Å². The van der Waals surface area contributed by atoms with E-state index in [1.807, 2.05) is 68.4 Å². The largest absolute Gasteiger partial charge is 0.481 e. The molecular weight excluding hydrogens is 330 g/mol. The molecule has 26 heavy (non-hydrogen) atoms. The van der Waals surface area contributed by atoms with Crippen LogP contribution in [0, 0.1) is 6.92 Å². The summed E-state index contributed by atoms with van der Waals surface area (Å²) >= 11 is 0. The molecule has 6 heteroatoms. The first kappa shape index (κ1) is 17.7. The molecule has 3 rings (SSSR count). The van der Waals surface area contributed by atoms with E-state index >= 15 is 0 Å². The lowest BCUT2D eigenvalue weighted by Gasteiger charge is -2.16. The number of rotatable bonds is 7. The van der Waals surface area contributed by atoms with Gasteiger partial charge in [-0.2, -0.15) is 4.98 Å². The Bertz CT molecular complexity index is 862. The quantitative estimate of drug-likeness (QED) is 0.705. The fourth-order valence-corrected chi connectivity index (χ4v) is 2.49. The number of para-hydroxylation sites is 1. The lowest BCUT2D eigenvalue weighted by molar-refractivity contribution is -0.128. The van der Waals surface area contributed by atoms with Gasteiger partial charge in [0, 0.05) is 5.56 Å². The molecule has 6 nitrogen and oxygen atoms in total. The van der Waals surface area contributed by atoms with E-state index in [1.165, 1.54) is 0 Å². The second-order valence-corrected chi connectivity index (χ2v) is 5.93. The normalized spacial score (nSPS) is 11.8. The van der Waals surface area contributed by atoms with Crippen molar-refractivity contribution in [1.29, 1.82) is 0 Å². The van der Waals surface area contributed by atoms with Crippen LogP contribution in [0.15, 0.2) is 59.1 Å². The third kappa shape index (κ3) is 4.47. The molecule has 0 spiro atoms. The number of nitrogens with zero attached hydrogens (tertiary/aromatic N) is 2. The van der Waals surface area contributed by atoms with Crippen molar-refractivity contribution < 1.29 is 14.1 Å².